The number of carbonyl (C=O) groups is 1. The van der Waals surface area contributed by atoms with Gasteiger partial charge < -0.3 is 5.32 Å². The lowest BCUT2D eigenvalue weighted by Crippen LogP contribution is -2.27. The molecule has 1 amide bonds. The van der Waals surface area contributed by atoms with Crippen molar-refractivity contribution in [3.05, 3.63) is 30.1 Å². The molecule has 0 spiro atoms. The van der Waals surface area contributed by atoms with E-state index >= 15 is 0 Å². The zero-order valence-electron chi connectivity index (χ0n) is 7.32. The highest BCUT2D eigenvalue weighted by Crippen LogP contribution is 2.07. The number of hydrogen-bond acceptors (Lipinski definition) is 1. The van der Waals surface area contributed by atoms with Crippen LogP contribution < -0.4 is 9.88 Å². The molecule has 3 nitrogen and oxygen atoms in total. The molecule has 0 radical (unpaired) electrons. The SMILES string of the molecule is CC(NC=O)c1cc[n+](C)cc1. The van der Waals surface area contributed by atoms with Gasteiger partial charge in [0.2, 0.25) is 6.41 Å². The average Bonchev–Trinajstić information content (AvgIpc) is 2.06. The predicted octanol–water partition coefficient (Wildman–Crippen LogP) is 0.318. The molecule has 1 heterocycles. The van der Waals surface area contributed by atoms with Gasteiger partial charge in [0.05, 0.1) is 6.04 Å². The maximum Gasteiger partial charge on any atom is 0.207 e. The van der Waals surface area contributed by atoms with Crippen LogP contribution in [-0.2, 0) is 11.8 Å². The summed E-state index contributed by atoms with van der Waals surface area (Å²) in [7, 11) is 1.96. The third-order valence-corrected chi connectivity index (χ3v) is 1.82. The molecule has 1 aromatic heterocycles. The van der Waals surface area contributed by atoms with E-state index in [1.807, 2.05) is 43.1 Å². The van der Waals surface area contributed by atoms with E-state index in [0.29, 0.717) is 0 Å². The summed E-state index contributed by atoms with van der Waals surface area (Å²) in [6.07, 6.45) is 4.63. The van der Waals surface area contributed by atoms with Crippen LogP contribution in [-0.4, -0.2) is 6.41 Å². The van der Waals surface area contributed by atoms with Crippen LogP contribution in [0, 0.1) is 0 Å². The van der Waals surface area contributed by atoms with Gasteiger partial charge in [-0.3, -0.25) is 4.79 Å². The molecule has 12 heavy (non-hydrogen) atoms. The van der Waals surface area contributed by atoms with Gasteiger partial charge in [0, 0.05) is 12.1 Å². The highest BCUT2D eigenvalue weighted by Gasteiger charge is 2.03. The number of rotatable bonds is 3. The van der Waals surface area contributed by atoms with Crippen LogP contribution in [0.25, 0.3) is 0 Å². The smallest absolute Gasteiger partial charge is 0.207 e. The topological polar surface area (TPSA) is 33.0 Å². The van der Waals surface area contributed by atoms with Gasteiger partial charge in [-0.1, -0.05) is 0 Å². The Bertz CT molecular complexity index is 256. The van der Waals surface area contributed by atoms with Gasteiger partial charge >= 0.3 is 0 Å². The number of nitrogens with one attached hydrogen (secondary N) is 1. The van der Waals surface area contributed by atoms with Crippen molar-refractivity contribution in [1.29, 1.82) is 0 Å². The minimum Gasteiger partial charge on any atom is -0.352 e. The summed E-state index contributed by atoms with van der Waals surface area (Å²) in [6, 6.07) is 4.06. The fourth-order valence-electron chi connectivity index (χ4n) is 0.999. The highest BCUT2D eigenvalue weighted by atomic mass is 16.1. The van der Waals surface area contributed by atoms with Gasteiger partial charge in [-0.25, -0.2) is 4.57 Å². The van der Waals surface area contributed by atoms with Crippen molar-refractivity contribution in [2.45, 2.75) is 13.0 Å². The number of nitrogens with zero attached hydrogens (tertiary/aromatic N) is 1. The molecule has 0 aliphatic carbocycles. The van der Waals surface area contributed by atoms with Gasteiger partial charge in [-0.05, 0) is 12.5 Å². The van der Waals surface area contributed by atoms with Crippen LogP contribution in [0.1, 0.15) is 18.5 Å². The maximum atomic E-state index is 10.1. The molecule has 1 unspecified atom stereocenters. The van der Waals surface area contributed by atoms with Crippen molar-refractivity contribution < 1.29 is 9.36 Å². The summed E-state index contributed by atoms with van der Waals surface area (Å²) < 4.78 is 1.96. The molecular formula is C9H13N2O+. The standard InChI is InChI=1S/C9H12N2O/c1-8(10-7-12)9-3-5-11(2)6-4-9/h3-8H,1-2H3/p+1. The monoisotopic (exact) mass is 165 g/mol. The maximum absolute atomic E-state index is 10.1. The Hall–Kier alpha value is -1.38. The fourth-order valence-corrected chi connectivity index (χ4v) is 0.999. The Morgan fingerprint density at radius 2 is 2.08 bits per heavy atom. The van der Waals surface area contributed by atoms with Crippen LogP contribution in [0.4, 0.5) is 0 Å². The largest absolute Gasteiger partial charge is 0.352 e. The van der Waals surface area contributed by atoms with Crippen LogP contribution in [0.3, 0.4) is 0 Å². The van der Waals surface area contributed by atoms with Crippen LogP contribution in [0.2, 0.25) is 0 Å². The van der Waals surface area contributed by atoms with Crippen molar-refractivity contribution in [1.82, 2.24) is 5.32 Å². The van der Waals surface area contributed by atoms with Crippen molar-refractivity contribution in [3.63, 3.8) is 0 Å². The first-order valence-corrected chi connectivity index (χ1v) is 3.89. The molecule has 0 aromatic carbocycles. The summed E-state index contributed by atoms with van der Waals surface area (Å²) in [6.45, 7) is 1.95. The van der Waals surface area contributed by atoms with Gasteiger partial charge in [0.25, 0.3) is 0 Å². The van der Waals surface area contributed by atoms with Gasteiger partial charge in [-0.15, -0.1) is 0 Å². The minimum atomic E-state index is 0.0868. The number of carbonyl (C=O) groups excluding carboxylic acids is 1. The molecule has 0 fully saturated rings. The molecule has 1 rings (SSSR count). The zero-order chi connectivity index (χ0) is 8.97. The van der Waals surface area contributed by atoms with E-state index in [0.717, 1.165) is 12.0 Å². The normalized spacial score (nSPS) is 12.2. The van der Waals surface area contributed by atoms with E-state index in [1.54, 1.807) is 0 Å². The molecule has 1 N–H and O–H groups in total. The van der Waals surface area contributed by atoms with Crippen molar-refractivity contribution >= 4 is 6.41 Å². The summed E-state index contributed by atoms with van der Waals surface area (Å²) in [5.74, 6) is 0. The van der Waals surface area contributed by atoms with E-state index in [1.165, 1.54) is 0 Å². The third kappa shape index (κ3) is 2.05. The molecule has 0 saturated carbocycles. The minimum absolute atomic E-state index is 0.0868. The Kier molecular flexibility index (Phi) is 2.80. The highest BCUT2D eigenvalue weighted by molar-refractivity contribution is 5.47. The lowest BCUT2D eigenvalue weighted by atomic mass is 10.1. The molecule has 0 aliphatic heterocycles. The first kappa shape index (κ1) is 8.71. The van der Waals surface area contributed by atoms with Crippen molar-refractivity contribution in [2.75, 3.05) is 0 Å². The lowest BCUT2D eigenvalue weighted by Gasteiger charge is -2.08. The fraction of sp³-hybridized carbons (Fsp3) is 0.333. The molecular weight excluding hydrogens is 152 g/mol. The number of aryl methyl sites for hydroxylation is 1. The predicted molar refractivity (Wildman–Crippen MR) is 45.2 cm³/mol. The lowest BCUT2D eigenvalue weighted by molar-refractivity contribution is -0.671. The molecule has 0 saturated heterocycles. The Labute approximate surface area is 72.0 Å². The molecule has 1 aromatic rings. The number of aromatic nitrogens is 1. The van der Waals surface area contributed by atoms with E-state index in [4.69, 9.17) is 0 Å². The van der Waals surface area contributed by atoms with E-state index in [-0.39, 0.29) is 6.04 Å². The van der Waals surface area contributed by atoms with Crippen LogP contribution in [0.5, 0.6) is 0 Å². The molecule has 64 valence electrons. The summed E-state index contributed by atoms with van der Waals surface area (Å²) >= 11 is 0. The van der Waals surface area contributed by atoms with Crippen molar-refractivity contribution in [2.24, 2.45) is 7.05 Å². The Morgan fingerprint density at radius 1 is 1.50 bits per heavy atom. The molecule has 3 heteroatoms. The second-order valence-electron chi connectivity index (χ2n) is 2.80. The zero-order valence-corrected chi connectivity index (χ0v) is 7.32. The Balaban J connectivity index is 2.74. The van der Waals surface area contributed by atoms with Gasteiger partial charge in [0.1, 0.15) is 7.05 Å². The molecule has 0 aliphatic rings. The number of amides is 1. The van der Waals surface area contributed by atoms with Crippen LogP contribution >= 0.6 is 0 Å². The summed E-state index contributed by atoms with van der Waals surface area (Å²) in [5, 5.41) is 2.69. The Morgan fingerprint density at radius 3 is 2.58 bits per heavy atom. The summed E-state index contributed by atoms with van der Waals surface area (Å²) in [5.41, 5.74) is 1.11. The van der Waals surface area contributed by atoms with E-state index in [9.17, 15) is 4.79 Å². The third-order valence-electron chi connectivity index (χ3n) is 1.82. The first-order chi connectivity index (χ1) is 5.74. The summed E-state index contributed by atoms with van der Waals surface area (Å²) in [4.78, 5) is 10.1. The average molecular weight is 165 g/mol. The second-order valence-corrected chi connectivity index (χ2v) is 2.80. The van der Waals surface area contributed by atoms with Gasteiger partial charge in [-0.2, -0.15) is 0 Å². The quantitative estimate of drug-likeness (QED) is 0.507. The van der Waals surface area contributed by atoms with Gasteiger partial charge in [0.15, 0.2) is 12.4 Å². The molecule has 0 bridgehead atoms. The molecule has 1 atom stereocenters. The second kappa shape index (κ2) is 3.85. The number of hydrogen-bond donors (Lipinski definition) is 1. The van der Waals surface area contributed by atoms with E-state index in [2.05, 4.69) is 5.32 Å². The van der Waals surface area contributed by atoms with Crippen LogP contribution in [0.15, 0.2) is 24.5 Å². The van der Waals surface area contributed by atoms with Crippen molar-refractivity contribution in [3.8, 4) is 0 Å². The number of pyridine rings is 1. The van der Waals surface area contributed by atoms with E-state index < -0.39 is 0 Å². The first-order valence-electron chi connectivity index (χ1n) is 3.89.